The van der Waals surface area contributed by atoms with Crippen molar-refractivity contribution in [2.45, 2.75) is 20.0 Å². The molecular weight excluding hydrogens is 468 g/mol. The first-order chi connectivity index (χ1) is 16.9. The van der Waals surface area contributed by atoms with Crippen LogP contribution in [0.5, 0.6) is 11.5 Å². The molecule has 0 aliphatic carbocycles. The van der Waals surface area contributed by atoms with Gasteiger partial charge in [-0.3, -0.25) is 14.9 Å². The lowest BCUT2D eigenvalue weighted by molar-refractivity contribution is -0.122. The van der Waals surface area contributed by atoms with Gasteiger partial charge in [0.15, 0.2) is 11.5 Å². The van der Waals surface area contributed by atoms with E-state index in [4.69, 9.17) is 21.1 Å². The second-order valence-corrected chi connectivity index (χ2v) is 8.14. The summed E-state index contributed by atoms with van der Waals surface area (Å²) in [6.07, 6.45) is 2.04. The number of para-hydroxylation sites is 1. The highest BCUT2D eigenvalue weighted by Crippen LogP contribution is 2.31. The Kier molecular flexibility index (Phi) is 7.17. The SMILES string of the molecule is CCc1ccccc1N1C(=O)NC(=O)/C(=C\c2ccc(OCc3ccccc3Cl)c(OC)c2)C1=O. The number of aryl methyl sites for hydroxylation is 1. The van der Waals surface area contributed by atoms with Crippen molar-refractivity contribution in [1.29, 1.82) is 0 Å². The van der Waals surface area contributed by atoms with Crippen LogP contribution in [0.1, 0.15) is 23.6 Å². The van der Waals surface area contributed by atoms with E-state index in [-0.39, 0.29) is 12.2 Å². The molecule has 0 spiro atoms. The Labute approximate surface area is 207 Å². The molecule has 4 rings (SSSR count). The largest absolute Gasteiger partial charge is 0.493 e. The summed E-state index contributed by atoms with van der Waals surface area (Å²) in [5, 5.41) is 2.85. The molecule has 3 aromatic rings. The number of benzene rings is 3. The van der Waals surface area contributed by atoms with E-state index in [0.29, 0.717) is 34.2 Å². The Morgan fingerprint density at radius 2 is 1.66 bits per heavy atom. The van der Waals surface area contributed by atoms with E-state index >= 15 is 0 Å². The number of hydrogen-bond acceptors (Lipinski definition) is 5. The highest BCUT2D eigenvalue weighted by atomic mass is 35.5. The zero-order valence-corrected chi connectivity index (χ0v) is 20.0. The molecule has 1 aliphatic heterocycles. The summed E-state index contributed by atoms with van der Waals surface area (Å²) in [5.41, 5.74) is 2.44. The predicted octanol–water partition coefficient (Wildman–Crippen LogP) is 5.16. The maximum Gasteiger partial charge on any atom is 0.335 e. The number of urea groups is 1. The highest BCUT2D eigenvalue weighted by molar-refractivity contribution is 6.39. The number of hydrogen-bond donors (Lipinski definition) is 1. The molecule has 35 heavy (non-hydrogen) atoms. The molecule has 1 aliphatic rings. The molecule has 0 unspecified atom stereocenters. The summed E-state index contributed by atoms with van der Waals surface area (Å²) in [6.45, 7) is 2.17. The van der Waals surface area contributed by atoms with E-state index in [1.54, 1.807) is 36.4 Å². The van der Waals surface area contributed by atoms with E-state index in [2.05, 4.69) is 5.32 Å². The van der Waals surface area contributed by atoms with Crippen LogP contribution in [0.3, 0.4) is 0 Å². The molecular formula is C27H23ClN2O5. The Bertz CT molecular complexity index is 1330. The molecule has 0 atom stereocenters. The fourth-order valence-electron chi connectivity index (χ4n) is 3.74. The minimum Gasteiger partial charge on any atom is -0.493 e. The van der Waals surface area contributed by atoms with Crippen molar-refractivity contribution in [2.24, 2.45) is 0 Å². The first-order valence-corrected chi connectivity index (χ1v) is 11.3. The third-order valence-electron chi connectivity index (χ3n) is 5.55. The van der Waals surface area contributed by atoms with Crippen molar-refractivity contribution >= 4 is 41.2 Å². The summed E-state index contributed by atoms with van der Waals surface area (Å²) in [4.78, 5) is 39.3. The van der Waals surface area contributed by atoms with E-state index in [1.165, 1.54) is 13.2 Å². The van der Waals surface area contributed by atoms with Crippen LogP contribution in [0.2, 0.25) is 5.02 Å². The normalized spacial score (nSPS) is 14.8. The van der Waals surface area contributed by atoms with Crippen LogP contribution < -0.4 is 19.7 Å². The number of imide groups is 2. The molecule has 8 heteroatoms. The second kappa shape index (κ2) is 10.4. The van der Waals surface area contributed by atoms with Gasteiger partial charge in [0.25, 0.3) is 11.8 Å². The molecule has 4 amide bonds. The lowest BCUT2D eigenvalue weighted by atomic mass is 10.0. The molecule has 1 N–H and O–H groups in total. The van der Waals surface area contributed by atoms with Crippen molar-refractivity contribution in [3.05, 3.63) is 94.0 Å². The minimum absolute atomic E-state index is 0.165. The Balaban J connectivity index is 1.62. The van der Waals surface area contributed by atoms with E-state index in [1.807, 2.05) is 37.3 Å². The van der Waals surface area contributed by atoms with Gasteiger partial charge in [0.05, 0.1) is 12.8 Å². The van der Waals surface area contributed by atoms with E-state index in [9.17, 15) is 14.4 Å². The number of halogens is 1. The number of nitrogens with zero attached hydrogens (tertiary/aromatic N) is 1. The standard InChI is InChI=1S/C27H23ClN2O5/c1-3-18-8-5-7-11-22(18)30-26(32)20(25(31)29-27(30)33)14-17-12-13-23(24(15-17)34-2)35-16-19-9-4-6-10-21(19)28/h4-15H,3,16H2,1-2H3,(H,29,31,33)/b20-14+. The quantitative estimate of drug-likeness (QED) is 0.365. The van der Waals surface area contributed by atoms with E-state index < -0.39 is 17.8 Å². The number of carbonyl (C=O) groups excluding carboxylic acids is 3. The number of barbiturate groups is 1. The average Bonchev–Trinajstić information content (AvgIpc) is 2.86. The first-order valence-electron chi connectivity index (χ1n) is 11.0. The molecule has 0 aromatic heterocycles. The fraction of sp³-hybridized carbons (Fsp3) is 0.148. The smallest absolute Gasteiger partial charge is 0.335 e. The van der Waals surface area contributed by atoms with Crippen molar-refractivity contribution in [3.63, 3.8) is 0 Å². The monoisotopic (exact) mass is 490 g/mol. The molecule has 7 nitrogen and oxygen atoms in total. The van der Waals surface area contributed by atoms with Gasteiger partial charge in [-0.25, -0.2) is 9.69 Å². The van der Waals surface area contributed by atoms with Crippen molar-refractivity contribution in [3.8, 4) is 11.5 Å². The molecule has 1 saturated heterocycles. The van der Waals surface area contributed by atoms with Crippen molar-refractivity contribution in [1.82, 2.24) is 5.32 Å². The van der Waals surface area contributed by atoms with Gasteiger partial charge >= 0.3 is 6.03 Å². The zero-order chi connectivity index (χ0) is 24.9. The van der Waals surface area contributed by atoms with Crippen LogP contribution in [0, 0.1) is 0 Å². The number of carbonyl (C=O) groups is 3. The number of amides is 4. The van der Waals surface area contributed by atoms with Gasteiger partial charge in [0.1, 0.15) is 12.2 Å². The second-order valence-electron chi connectivity index (χ2n) is 7.73. The summed E-state index contributed by atoms with van der Waals surface area (Å²) in [5.74, 6) is -0.567. The number of anilines is 1. The summed E-state index contributed by atoms with van der Waals surface area (Å²) >= 11 is 6.19. The number of methoxy groups -OCH3 is 1. The van der Waals surface area contributed by atoms with Gasteiger partial charge in [0, 0.05) is 10.6 Å². The topological polar surface area (TPSA) is 84.9 Å². The highest BCUT2D eigenvalue weighted by Gasteiger charge is 2.37. The van der Waals surface area contributed by atoms with Crippen LogP contribution in [-0.4, -0.2) is 25.0 Å². The van der Waals surface area contributed by atoms with Crippen LogP contribution >= 0.6 is 11.6 Å². The molecule has 0 bridgehead atoms. The molecule has 1 heterocycles. The lowest BCUT2D eigenvalue weighted by Gasteiger charge is -2.28. The Morgan fingerprint density at radius 1 is 0.943 bits per heavy atom. The third-order valence-corrected chi connectivity index (χ3v) is 5.92. The summed E-state index contributed by atoms with van der Waals surface area (Å²) < 4.78 is 11.3. The molecule has 0 saturated carbocycles. The summed E-state index contributed by atoms with van der Waals surface area (Å²) in [6, 6.07) is 18.7. The van der Waals surface area contributed by atoms with Gasteiger partial charge in [-0.05, 0) is 47.9 Å². The fourth-order valence-corrected chi connectivity index (χ4v) is 3.93. The third kappa shape index (κ3) is 5.05. The van der Waals surface area contributed by atoms with Crippen LogP contribution in [0.25, 0.3) is 6.08 Å². The average molecular weight is 491 g/mol. The number of rotatable bonds is 7. The van der Waals surface area contributed by atoms with E-state index in [0.717, 1.165) is 16.0 Å². The Hall–Kier alpha value is -4.10. The van der Waals surface area contributed by atoms with Crippen molar-refractivity contribution in [2.75, 3.05) is 12.0 Å². The maximum atomic E-state index is 13.2. The summed E-state index contributed by atoms with van der Waals surface area (Å²) in [7, 11) is 1.50. The Morgan fingerprint density at radius 3 is 2.37 bits per heavy atom. The number of nitrogens with one attached hydrogen (secondary N) is 1. The minimum atomic E-state index is -0.779. The van der Waals surface area contributed by atoms with Crippen LogP contribution in [0.15, 0.2) is 72.3 Å². The first kappa shape index (κ1) is 24.0. The lowest BCUT2D eigenvalue weighted by Crippen LogP contribution is -2.54. The van der Waals surface area contributed by atoms with Crippen molar-refractivity contribution < 1.29 is 23.9 Å². The van der Waals surface area contributed by atoms with Crippen LogP contribution in [-0.2, 0) is 22.6 Å². The molecule has 1 fully saturated rings. The maximum absolute atomic E-state index is 13.2. The molecule has 3 aromatic carbocycles. The van der Waals surface area contributed by atoms with Gasteiger partial charge in [-0.2, -0.15) is 0 Å². The molecule has 0 radical (unpaired) electrons. The number of ether oxygens (including phenoxy) is 2. The zero-order valence-electron chi connectivity index (χ0n) is 19.2. The van der Waals surface area contributed by atoms with Crippen LogP contribution in [0.4, 0.5) is 10.5 Å². The van der Waals surface area contributed by atoms with Gasteiger partial charge in [-0.15, -0.1) is 0 Å². The van der Waals surface area contributed by atoms with Gasteiger partial charge in [-0.1, -0.05) is 61.0 Å². The molecule has 178 valence electrons. The predicted molar refractivity (Wildman–Crippen MR) is 134 cm³/mol. The van der Waals surface area contributed by atoms with Gasteiger partial charge in [0.2, 0.25) is 0 Å². The van der Waals surface area contributed by atoms with Gasteiger partial charge < -0.3 is 9.47 Å².